The predicted octanol–water partition coefficient (Wildman–Crippen LogP) is 3.27. The molecule has 0 saturated heterocycles. The van der Waals surface area contributed by atoms with Crippen molar-refractivity contribution in [1.29, 1.82) is 0 Å². The first-order valence-electron chi connectivity index (χ1n) is 6.57. The molecule has 104 valence electrons. The number of aryl methyl sites for hydroxylation is 2. The van der Waals surface area contributed by atoms with E-state index in [2.05, 4.69) is 5.32 Å². The lowest BCUT2D eigenvalue weighted by Gasteiger charge is -2.08. The number of hydrogen-bond donors (Lipinski definition) is 1. The van der Waals surface area contributed by atoms with Crippen molar-refractivity contribution in [2.24, 2.45) is 0 Å². The quantitative estimate of drug-likeness (QED) is 0.861. The minimum Gasteiger partial charge on any atom is -0.326 e. The van der Waals surface area contributed by atoms with Crippen LogP contribution in [0.5, 0.6) is 0 Å². The third-order valence-corrected chi connectivity index (χ3v) is 3.61. The summed E-state index contributed by atoms with van der Waals surface area (Å²) in [7, 11) is 0. The second kappa shape index (κ2) is 6.53. The number of hydrogen-bond acceptors (Lipinski definition) is 1. The molecule has 1 amide bonds. The van der Waals surface area contributed by atoms with Gasteiger partial charge in [-0.3, -0.25) is 4.79 Å². The van der Waals surface area contributed by atoms with Crippen LogP contribution in [0.15, 0.2) is 42.7 Å². The highest BCUT2D eigenvalue weighted by Crippen LogP contribution is 2.22. The van der Waals surface area contributed by atoms with Crippen molar-refractivity contribution in [2.45, 2.75) is 26.8 Å². The van der Waals surface area contributed by atoms with Crippen molar-refractivity contribution >= 4 is 23.2 Å². The standard InChI is InChI=1S/C16H17ClN2O/c1-12-6-9-19(10-7-12)11-8-16(20)18-15-5-3-4-14(17)13(15)2/h3-7,9-10H,8,11H2,1-2H3/p+1. The fraction of sp³-hybridized carbons (Fsp3) is 0.250. The Labute approximate surface area is 124 Å². The molecule has 1 aromatic carbocycles. The molecule has 3 nitrogen and oxygen atoms in total. The minimum atomic E-state index is -0.0107. The van der Waals surface area contributed by atoms with Gasteiger partial charge in [-0.1, -0.05) is 17.7 Å². The number of nitrogens with zero attached hydrogens (tertiary/aromatic N) is 1. The maximum Gasteiger partial charge on any atom is 0.230 e. The highest BCUT2D eigenvalue weighted by atomic mass is 35.5. The Kier molecular flexibility index (Phi) is 4.74. The van der Waals surface area contributed by atoms with Crippen molar-refractivity contribution in [1.82, 2.24) is 0 Å². The van der Waals surface area contributed by atoms with E-state index in [0.29, 0.717) is 18.0 Å². The van der Waals surface area contributed by atoms with E-state index < -0.39 is 0 Å². The average Bonchev–Trinajstić information content (AvgIpc) is 2.43. The van der Waals surface area contributed by atoms with E-state index in [1.807, 2.05) is 61.1 Å². The third kappa shape index (κ3) is 3.81. The van der Waals surface area contributed by atoms with Gasteiger partial charge < -0.3 is 5.32 Å². The molecule has 0 spiro atoms. The number of halogens is 1. The zero-order valence-corrected chi connectivity index (χ0v) is 12.4. The molecule has 0 radical (unpaired) electrons. The molecule has 0 unspecified atom stereocenters. The number of aromatic nitrogens is 1. The number of nitrogens with one attached hydrogen (secondary N) is 1. The zero-order valence-electron chi connectivity index (χ0n) is 11.7. The van der Waals surface area contributed by atoms with E-state index in [-0.39, 0.29) is 5.91 Å². The number of amides is 1. The highest BCUT2D eigenvalue weighted by Gasteiger charge is 2.09. The van der Waals surface area contributed by atoms with Gasteiger partial charge in [-0.2, -0.15) is 0 Å². The maximum absolute atomic E-state index is 11.9. The molecule has 1 heterocycles. The largest absolute Gasteiger partial charge is 0.326 e. The maximum atomic E-state index is 11.9. The normalized spacial score (nSPS) is 10.3. The van der Waals surface area contributed by atoms with Gasteiger partial charge in [-0.25, -0.2) is 4.57 Å². The van der Waals surface area contributed by atoms with Crippen LogP contribution in [0.3, 0.4) is 0 Å². The lowest BCUT2D eigenvalue weighted by molar-refractivity contribution is -0.695. The molecule has 0 bridgehead atoms. The lowest BCUT2D eigenvalue weighted by Crippen LogP contribution is -2.34. The van der Waals surface area contributed by atoms with Crippen LogP contribution in [-0.2, 0) is 11.3 Å². The van der Waals surface area contributed by atoms with Gasteiger partial charge in [0.15, 0.2) is 18.9 Å². The molecule has 2 aromatic rings. The number of carbonyl (C=O) groups excluding carboxylic acids is 1. The molecule has 0 aliphatic carbocycles. The smallest absolute Gasteiger partial charge is 0.230 e. The van der Waals surface area contributed by atoms with Crippen molar-refractivity contribution in [3.8, 4) is 0 Å². The monoisotopic (exact) mass is 289 g/mol. The fourth-order valence-corrected chi connectivity index (χ4v) is 2.04. The van der Waals surface area contributed by atoms with Crippen LogP contribution in [0, 0.1) is 13.8 Å². The second-order valence-corrected chi connectivity index (χ2v) is 5.23. The van der Waals surface area contributed by atoms with Gasteiger partial charge >= 0.3 is 0 Å². The van der Waals surface area contributed by atoms with Gasteiger partial charge in [-0.15, -0.1) is 0 Å². The van der Waals surface area contributed by atoms with E-state index in [9.17, 15) is 4.79 Å². The van der Waals surface area contributed by atoms with Crippen molar-refractivity contribution in [2.75, 3.05) is 5.32 Å². The van der Waals surface area contributed by atoms with Gasteiger partial charge in [0.1, 0.15) is 0 Å². The van der Waals surface area contributed by atoms with Crippen LogP contribution in [0.1, 0.15) is 17.5 Å². The first-order valence-corrected chi connectivity index (χ1v) is 6.95. The number of benzene rings is 1. The molecule has 1 N–H and O–H groups in total. The van der Waals surface area contributed by atoms with Gasteiger partial charge in [0.05, 0.1) is 6.42 Å². The molecule has 0 atom stereocenters. The van der Waals surface area contributed by atoms with Gasteiger partial charge in [0, 0.05) is 22.8 Å². The third-order valence-electron chi connectivity index (χ3n) is 3.20. The molecule has 0 fully saturated rings. The van der Waals surface area contributed by atoms with Crippen molar-refractivity contribution in [3.05, 3.63) is 58.9 Å². The molecule has 1 aromatic heterocycles. The van der Waals surface area contributed by atoms with E-state index in [1.54, 1.807) is 0 Å². The number of rotatable bonds is 4. The highest BCUT2D eigenvalue weighted by molar-refractivity contribution is 6.31. The molecule has 0 aliphatic rings. The SMILES string of the molecule is Cc1cc[n+](CCC(=O)Nc2cccc(Cl)c2C)cc1. The molecule has 0 aliphatic heterocycles. The lowest BCUT2D eigenvalue weighted by atomic mass is 10.2. The summed E-state index contributed by atoms with van der Waals surface area (Å²) >= 11 is 6.03. The van der Waals surface area contributed by atoms with E-state index in [1.165, 1.54) is 5.56 Å². The Balaban J connectivity index is 1.92. The summed E-state index contributed by atoms with van der Waals surface area (Å²) in [5, 5.41) is 3.56. The molecular formula is C16H18ClN2O+. The first-order chi connectivity index (χ1) is 9.56. The predicted molar refractivity (Wildman–Crippen MR) is 80.8 cm³/mol. The summed E-state index contributed by atoms with van der Waals surface area (Å²) in [6, 6.07) is 9.56. The Morgan fingerprint density at radius 2 is 1.90 bits per heavy atom. The van der Waals surface area contributed by atoms with E-state index in [4.69, 9.17) is 11.6 Å². The van der Waals surface area contributed by atoms with E-state index >= 15 is 0 Å². The minimum absolute atomic E-state index is 0.0107. The summed E-state index contributed by atoms with van der Waals surface area (Å²) in [4.78, 5) is 11.9. The number of pyridine rings is 1. The number of carbonyl (C=O) groups is 1. The van der Waals surface area contributed by atoms with Crippen molar-refractivity contribution in [3.63, 3.8) is 0 Å². The Morgan fingerprint density at radius 3 is 2.60 bits per heavy atom. The molecule has 20 heavy (non-hydrogen) atoms. The average molecular weight is 290 g/mol. The Bertz CT molecular complexity index is 608. The Hall–Kier alpha value is -1.87. The molecule has 2 rings (SSSR count). The first kappa shape index (κ1) is 14.5. The summed E-state index contributed by atoms with van der Waals surface area (Å²) in [5.41, 5.74) is 2.88. The van der Waals surface area contributed by atoms with Crippen LogP contribution in [0.2, 0.25) is 5.02 Å². The molecular weight excluding hydrogens is 272 g/mol. The second-order valence-electron chi connectivity index (χ2n) is 4.82. The summed E-state index contributed by atoms with van der Waals surface area (Å²) in [6.45, 7) is 4.59. The summed E-state index contributed by atoms with van der Waals surface area (Å²) < 4.78 is 2.00. The van der Waals surface area contributed by atoms with Crippen LogP contribution in [-0.4, -0.2) is 5.91 Å². The Morgan fingerprint density at radius 1 is 1.20 bits per heavy atom. The van der Waals surface area contributed by atoms with E-state index in [0.717, 1.165) is 11.3 Å². The van der Waals surface area contributed by atoms with Crippen LogP contribution in [0.4, 0.5) is 5.69 Å². The van der Waals surface area contributed by atoms with Gasteiger partial charge in [0.25, 0.3) is 0 Å². The topological polar surface area (TPSA) is 33.0 Å². The van der Waals surface area contributed by atoms with Crippen LogP contribution >= 0.6 is 11.6 Å². The molecule has 4 heteroatoms. The summed E-state index contributed by atoms with van der Waals surface area (Å²) in [5.74, 6) is -0.0107. The zero-order chi connectivity index (χ0) is 14.5. The summed E-state index contributed by atoms with van der Waals surface area (Å²) in [6.07, 6.45) is 4.39. The number of anilines is 1. The molecule has 0 saturated carbocycles. The van der Waals surface area contributed by atoms with Crippen LogP contribution in [0.25, 0.3) is 0 Å². The van der Waals surface area contributed by atoms with Gasteiger partial charge in [-0.05, 0) is 37.1 Å². The fourth-order valence-electron chi connectivity index (χ4n) is 1.87. The van der Waals surface area contributed by atoms with Crippen molar-refractivity contribution < 1.29 is 9.36 Å². The van der Waals surface area contributed by atoms with Crippen LogP contribution < -0.4 is 9.88 Å². The van der Waals surface area contributed by atoms with Gasteiger partial charge in [0.2, 0.25) is 5.91 Å².